The monoisotopic (exact) mass is 659 g/mol. The number of aromatic nitrogens is 1. The maximum Gasteiger partial charge on any atom is 0.215 e. The number of hydrogen-bond acceptors (Lipinski definition) is 2. The Morgan fingerprint density at radius 3 is 1.50 bits per heavy atom. The number of hydrogen-bond donors (Lipinski definition) is 0. The quantitative estimate of drug-likeness (QED) is 0.0959. The number of aryl methyl sites for hydroxylation is 1. The summed E-state index contributed by atoms with van der Waals surface area (Å²) in [5.41, 5.74) is 5.20. The van der Waals surface area contributed by atoms with Gasteiger partial charge in [-0.25, -0.2) is 0 Å². The standard InChI is InChI=1S/C27H39IN3.HI/c1-29(2)24-15-13-22-19-23-14-16-25(30(3)4)21-27(23)31(26(22)20-24)18-12-10-8-6-5-7-9-11-17-28;/h13-16,19-21H,5-12,17-18H2,1-4H3;1H/q+1;/p-1. The van der Waals surface area contributed by atoms with Crippen LogP contribution in [0.25, 0.3) is 21.8 Å². The number of alkyl halides is 1. The van der Waals surface area contributed by atoms with Crippen molar-refractivity contribution in [1.29, 1.82) is 0 Å². The molecule has 3 rings (SSSR count). The molecular formula is C27H39I2N3. The van der Waals surface area contributed by atoms with Crippen LogP contribution in [-0.2, 0) is 6.54 Å². The molecule has 0 bridgehead atoms. The summed E-state index contributed by atoms with van der Waals surface area (Å²) in [6.07, 6.45) is 10.9. The van der Waals surface area contributed by atoms with Gasteiger partial charge in [-0.15, -0.1) is 0 Å². The Hall–Kier alpha value is -0.830. The van der Waals surface area contributed by atoms with E-state index in [2.05, 4.69) is 108 Å². The molecule has 0 saturated carbocycles. The SMILES string of the molecule is CN(C)c1ccc2cc3ccc(N(C)C)cc3[n+](CCCCCCCCCCI)c2c1.[I-]. The molecule has 0 atom stereocenters. The van der Waals surface area contributed by atoms with Gasteiger partial charge in [0.1, 0.15) is 6.54 Å². The minimum atomic E-state index is 0. The molecule has 0 saturated heterocycles. The summed E-state index contributed by atoms with van der Waals surface area (Å²) >= 11 is 2.49. The number of rotatable bonds is 12. The van der Waals surface area contributed by atoms with E-state index in [1.807, 2.05) is 0 Å². The summed E-state index contributed by atoms with van der Waals surface area (Å²) in [7, 11) is 8.49. The molecule has 3 aromatic rings. The predicted octanol–water partition coefficient (Wildman–Crippen LogP) is 3.97. The van der Waals surface area contributed by atoms with E-state index in [0.29, 0.717) is 0 Å². The largest absolute Gasteiger partial charge is 1.00 e. The zero-order valence-corrected chi connectivity index (χ0v) is 24.5. The van der Waals surface area contributed by atoms with Gasteiger partial charge in [0.15, 0.2) is 0 Å². The van der Waals surface area contributed by atoms with E-state index in [4.69, 9.17) is 0 Å². The second kappa shape index (κ2) is 13.8. The number of anilines is 2. The summed E-state index contributed by atoms with van der Waals surface area (Å²) < 4.78 is 3.87. The molecule has 32 heavy (non-hydrogen) atoms. The predicted molar refractivity (Wildman–Crippen MR) is 146 cm³/mol. The van der Waals surface area contributed by atoms with Gasteiger partial charge in [-0.1, -0.05) is 54.7 Å². The van der Waals surface area contributed by atoms with Gasteiger partial charge in [0.25, 0.3) is 0 Å². The lowest BCUT2D eigenvalue weighted by Gasteiger charge is -2.15. The van der Waals surface area contributed by atoms with Crippen molar-refractivity contribution in [3.63, 3.8) is 0 Å². The normalized spacial score (nSPS) is 11.0. The number of fused-ring (bicyclic) bond motifs is 2. The van der Waals surface area contributed by atoms with Crippen molar-refractivity contribution in [2.75, 3.05) is 42.4 Å². The van der Waals surface area contributed by atoms with Crippen LogP contribution in [0.4, 0.5) is 11.4 Å². The maximum absolute atomic E-state index is 2.56. The van der Waals surface area contributed by atoms with Crippen LogP contribution in [0.15, 0.2) is 42.5 Å². The number of benzene rings is 2. The molecule has 1 aromatic heterocycles. The lowest BCUT2D eigenvalue weighted by atomic mass is 10.1. The van der Waals surface area contributed by atoms with E-state index in [1.54, 1.807) is 0 Å². The van der Waals surface area contributed by atoms with Gasteiger partial charge in [0.2, 0.25) is 11.0 Å². The molecule has 0 spiro atoms. The van der Waals surface area contributed by atoms with Crippen molar-refractivity contribution >= 4 is 55.8 Å². The van der Waals surface area contributed by atoms with Crippen LogP contribution in [-0.4, -0.2) is 32.6 Å². The first-order valence-electron chi connectivity index (χ1n) is 11.8. The summed E-state index contributed by atoms with van der Waals surface area (Å²) in [5, 5.41) is 2.65. The van der Waals surface area contributed by atoms with Crippen LogP contribution in [0.2, 0.25) is 0 Å². The fraction of sp³-hybridized carbons (Fsp3) is 0.519. The van der Waals surface area contributed by atoms with Crippen molar-refractivity contribution in [3.05, 3.63) is 42.5 Å². The summed E-state index contributed by atoms with van der Waals surface area (Å²) in [6, 6.07) is 16.0. The molecule has 0 N–H and O–H groups in total. The molecule has 0 aliphatic carbocycles. The first-order valence-corrected chi connectivity index (χ1v) is 13.3. The van der Waals surface area contributed by atoms with Gasteiger partial charge in [-0.3, -0.25) is 0 Å². The third-order valence-corrected chi connectivity index (χ3v) is 6.98. The van der Waals surface area contributed by atoms with Gasteiger partial charge < -0.3 is 33.8 Å². The molecule has 0 unspecified atom stereocenters. The molecule has 1 heterocycles. The van der Waals surface area contributed by atoms with Gasteiger partial charge in [-0.05, 0) is 47.6 Å². The van der Waals surface area contributed by atoms with E-state index in [9.17, 15) is 0 Å². The molecule has 0 fully saturated rings. The zero-order valence-electron chi connectivity index (χ0n) is 20.2. The van der Waals surface area contributed by atoms with Crippen molar-refractivity contribution in [1.82, 2.24) is 0 Å². The third kappa shape index (κ3) is 7.34. The Labute approximate surface area is 225 Å². The van der Waals surface area contributed by atoms with Crippen LogP contribution in [0.1, 0.15) is 51.4 Å². The number of unbranched alkanes of at least 4 members (excludes halogenated alkanes) is 7. The highest BCUT2D eigenvalue weighted by molar-refractivity contribution is 14.1. The Balaban J connectivity index is 0.00000363. The van der Waals surface area contributed by atoms with Crippen molar-refractivity contribution in [3.8, 4) is 0 Å². The van der Waals surface area contributed by atoms with Crippen molar-refractivity contribution < 1.29 is 28.5 Å². The minimum Gasteiger partial charge on any atom is -1.00 e. The highest BCUT2D eigenvalue weighted by Crippen LogP contribution is 2.25. The second-order valence-electron chi connectivity index (χ2n) is 9.09. The van der Waals surface area contributed by atoms with Crippen LogP contribution >= 0.6 is 22.6 Å². The van der Waals surface area contributed by atoms with E-state index < -0.39 is 0 Å². The van der Waals surface area contributed by atoms with Crippen molar-refractivity contribution in [2.45, 2.75) is 57.9 Å². The van der Waals surface area contributed by atoms with E-state index >= 15 is 0 Å². The Morgan fingerprint density at radius 2 is 1.06 bits per heavy atom. The Morgan fingerprint density at radius 1 is 0.625 bits per heavy atom. The molecule has 3 nitrogen and oxygen atoms in total. The van der Waals surface area contributed by atoms with Gasteiger partial charge in [-0.2, -0.15) is 4.57 Å². The number of nitrogens with zero attached hydrogens (tertiary/aromatic N) is 3. The van der Waals surface area contributed by atoms with E-state index in [-0.39, 0.29) is 24.0 Å². The Kier molecular flexibility index (Phi) is 11.8. The van der Waals surface area contributed by atoms with Crippen molar-refractivity contribution in [2.24, 2.45) is 0 Å². The van der Waals surface area contributed by atoms with Crippen LogP contribution in [0, 0.1) is 0 Å². The second-order valence-corrected chi connectivity index (χ2v) is 10.2. The minimum absolute atomic E-state index is 0. The molecule has 176 valence electrons. The van der Waals surface area contributed by atoms with Gasteiger partial charge in [0, 0.05) is 68.9 Å². The molecule has 0 aliphatic heterocycles. The lowest BCUT2D eigenvalue weighted by molar-refractivity contribution is -0.645. The highest BCUT2D eigenvalue weighted by Gasteiger charge is 2.17. The maximum atomic E-state index is 2.56. The molecule has 5 heteroatoms. The fourth-order valence-corrected chi connectivity index (χ4v) is 4.83. The average Bonchev–Trinajstić information content (AvgIpc) is 2.76. The fourth-order valence-electron chi connectivity index (χ4n) is 4.30. The zero-order chi connectivity index (χ0) is 22.2. The first-order chi connectivity index (χ1) is 15.0. The summed E-state index contributed by atoms with van der Waals surface area (Å²) in [4.78, 5) is 4.39. The molecule has 0 amide bonds. The first kappa shape index (κ1) is 27.4. The number of halogens is 2. The highest BCUT2D eigenvalue weighted by atomic mass is 127. The van der Waals surface area contributed by atoms with E-state index in [1.165, 1.54) is 89.0 Å². The summed E-state index contributed by atoms with van der Waals surface area (Å²) in [6.45, 7) is 1.08. The molecule has 0 aliphatic rings. The molecular weight excluding hydrogens is 620 g/mol. The smallest absolute Gasteiger partial charge is 0.215 e. The van der Waals surface area contributed by atoms with Crippen LogP contribution < -0.4 is 38.3 Å². The Bertz CT molecular complexity index is 919. The topological polar surface area (TPSA) is 10.4 Å². The molecule has 0 radical (unpaired) electrons. The van der Waals surface area contributed by atoms with Crippen LogP contribution in [0.5, 0.6) is 0 Å². The molecule has 2 aromatic carbocycles. The number of pyridine rings is 1. The van der Waals surface area contributed by atoms with Gasteiger partial charge >= 0.3 is 0 Å². The van der Waals surface area contributed by atoms with E-state index in [0.717, 1.165) is 6.54 Å². The van der Waals surface area contributed by atoms with Gasteiger partial charge in [0.05, 0.1) is 0 Å². The average molecular weight is 659 g/mol. The third-order valence-electron chi connectivity index (χ3n) is 6.22. The van der Waals surface area contributed by atoms with Crippen LogP contribution in [0.3, 0.4) is 0 Å². The summed E-state index contributed by atoms with van der Waals surface area (Å²) in [5.74, 6) is 0. The lowest BCUT2D eigenvalue weighted by Crippen LogP contribution is -3.00.